The van der Waals surface area contributed by atoms with Crippen molar-refractivity contribution in [2.45, 2.75) is 68.7 Å². The van der Waals surface area contributed by atoms with Gasteiger partial charge in [0.2, 0.25) is 5.91 Å². The third kappa shape index (κ3) is 3.89. The molecule has 0 aromatic rings. The van der Waals surface area contributed by atoms with E-state index >= 15 is 0 Å². The smallest absolute Gasteiger partial charge is 0.223 e. The molecule has 2 aliphatic rings. The molecule has 0 spiro atoms. The maximum absolute atomic E-state index is 12.2. The fourth-order valence-electron chi connectivity index (χ4n) is 3.23. The Balaban J connectivity index is 1.74. The highest BCUT2D eigenvalue weighted by Crippen LogP contribution is 2.28. The van der Waals surface area contributed by atoms with Crippen molar-refractivity contribution < 1.29 is 4.79 Å². The van der Waals surface area contributed by atoms with Gasteiger partial charge in [0.15, 0.2) is 0 Å². The summed E-state index contributed by atoms with van der Waals surface area (Å²) in [5, 5.41) is 4.06. The van der Waals surface area contributed by atoms with Gasteiger partial charge < -0.3 is 11.1 Å². The van der Waals surface area contributed by atoms with Crippen LogP contribution in [0.15, 0.2) is 0 Å². The summed E-state index contributed by atoms with van der Waals surface area (Å²) in [7, 11) is 0. The van der Waals surface area contributed by atoms with Crippen LogP contribution in [0.3, 0.4) is 0 Å². The number of rotatable bonds is 3. The molecule has 2 rings (SSSR count). The summed E-state index contributed by atoms with van der Waals surface area (Å²) >= 11 is 1.97. The second-order valence-corrected chi connectivity index (χ2v) is 6.98. The SMILES string of the molecule is CSC1CCC(NC(=O)C2CCCC(N)C2)CC1. The molecule has 104 valence electrons. The second-order valence-electron chi connectivity index (χ2n) is 5.84. The fraction of sp³-hybridized carbons (Fsp3) is 0.929. The Morgan fingerprint density at radius 1 is 1.17 bits per heavy atom. The van der Waals surface area contributed by atoms with E-state index < -0.39 is 0 Å². The first kappa shape index (κ1) is 14.2. The van der Waals surface area contributed by atoms with Crippen molar-refractivity contribution in [3.63, 3.8) is 0 Å². The molecule has 0 bridgehead atoms. The van der Waals surface area contributed by atoms with Crippen LogP contribution in [0.25, 0.3) is 0 Å². The van der Waals surface area contributed by atoms with Crippen molar-refractivity contribution >= 4 is 17.7 Å². The number of hydrogen-bond acceptors (Lipinski definition) is 3. The first-order valence-electron chi connectivity index (χ1n) is 7.27. The maximum atomic E-state index is 12.2. The third-order valence-electron chi connectivity index (χ3n) is 4.44. The number of amides is 1. The summed E-state index contributed by atoms with van der Waals surface area (Å²) in [4.78, 5) is 12.2. The Morgan fingerprint density at radius 3 is 2.50 bits per heavy atom. The van der Waals surface area contributed by atoms with E-state index in [0.29, 0.717) is 6.04 Å². The summed E-state index contributed by atoms with van der Waals surface area (Å²) in [5.74, 6) is 0.435. The highest BCUT2D eigenvalue weighted by Gasteiger charge is 2.28. The van der Waals surface area contributed by atoms with Crippen LogP contribution >= 0.6 is 11.8 Å². The van der Waals surface area contributed by atoms with E-state index in [-0.39, 0.29) is 17.9 Å². The molecule has 2 atom stereocenters. The topological polar surface area (TPSA) is 55.1 Å². The molecule has 3 N–H and O–H groups in total. The Labute approximate surface area is 115 Å². The van der Waals surface area contributed by atoms with E-state index in [1.54, 1.807) is 0 Å². The molecule has 4 heteroatoms. The lowest BCUT2D eigenvalue weighted by atomic mass is 9.85. The minimum absolute atomic E-state index is 0.173. The molecule has 0 aromatic heterocycles. The molecule has 3 nitrogen and oxygen atoms in total. The molecule has 0 aromatic carbocycles. The van der Waals surface area contributed by atoms with Gasteiger partial charge in [0, 0.05) is 23.3 Å². The molecular weight excluding hydrogens is 244 g/mol. The standard InChI is InChI=1S/C14H26N2OS/c1-18-13-7-5-12(6-8-13)16-14(17)10-3-2-4-11(15)9-10/h10-13H,2-9,15H2,1H3,(H,16,17). The maximum Gasteiger partial charge on any atom is 0.223 e. The summed E-state index contributed by atoms with van der Waals surface area (Å²) in [5.41, 5.74) is 5.95. The predicted octanol–water partition coefficient (Wildman–Crippen LogP) is 2.29. The Bertz CT molecular complexity index is 277. The van der Waals surface area contributed by atoms with Crippen molar-refractivity contribution in [3.8, 4) is 0 Å². The first-order valence-corrected chi connectivity index (χ1v) is 8.56. The third-order valence-corrected chi connectivity index (χ3v) is 5.58. The van der Waals surface area contributed by atoms with Crippen molar-refractivity contribution in [2.75, 3.05) is 6.26 Å². The molecule has 18 heavy (non-hydrogen) atoms. The minimum atomic E-state index is 0.173. The minimum Gasteiger partial charge on any atom is -0.353 e. The van der Waals surface area contributed by atoms with Gasteiger partial charge in [-0.15, -0.1) is 0 Å². The zero-order valence-corrected chi connectivity index (χ0v) is 12.2. The van der Waals surface area contributed by atoms with Gasteiger partial charge in [-0.05, 0) is 51.2 Å². The predicted molar refractivity (Wildman–Crippen MR) is 77.6 cm³/mol. The lowest BCUT2D eigenvalue weighted by molar-refractivity contribution is -0.127. The Kier molecular flexibility index (Phi) is 5.37. The highest BCUT2D eigenvalue weighted by molar-refractivity contribution is 7.99. The van der Waals surface area contributed by atoms with E-state index in [4.69, 9.17) is 5.73 Å². The van der Waals surface area contributed by atoms with Gasteiger partial charge in [-0.1, -0.05) is 6.42 Å². The Morgan fingerprint density at radius 2 is 1.89 bits per heavy atom. The number of nitrogens with one attached hydrogen (secondary N) is 1. The summed E-state index contributed by atoms with van der Waals surface area (Å²) in [6, 6.07) is 0.653. The number of nitrogens with two attached hydrogens (primary N) is 1. The molecule has 0 saturated heterocycles. The highest BCUT2D eigenvalue weighted by atomic mass is 32.2. The number of hydrogen-bond donors (Lipinski definition) is 2. The monoisotopic (exact) mass is 270 g/mol. The largest absolute Gasteiger partial charge is 0.353 e. The van der Waals surface area contributed by atoms with Crippen LogP contribution in [-0.4, -0.2) is 29.5 Å². The van der Waals surface area contributed by atoms with Gasteiger partial charge in [0.05, 0.1) is 0 Å². The first-order chi connectivity index (χ1) is 8.69. The fourth-order valence-corrected chi connectivity index (χ4v) is 3.97. The van der Waals surface area contributed by atoms with Crippen LogP contribution in [0.1, 0.15) is 51.4 Å². The van der Waals surface area contributed by atoms with E-state index in [1.807, 2.05) is 11.8 Å². The van der Waals surface area contributed by atoms with Gasteiger partial charge in [-0.2, -0.15) is 11.8 Å². The van der Waals surface area contributed by atoms with E-state index in [2.05, 4.69) is 11.6 Å². The van der Waals surface area contributed by atoms with Crippen LogP contribution in [-0.2, 0) is 4.79 Å². The molecule has 0 aliphatic heterocycles. The second kappa shape index (κ2) is 6.80. The molecule has 1 amide bonds. The van der Waals surface area contributed by atoms with Gasteiger partial charge in [0.1, 0.15) is 0 Å². The Hall–Kier alpha value is -0.220. The summed E-state index contributed by atoms with van der Waals surface area (Å²) in [6.45, 7) is 0. The molecule has 0 radical (unpaired) electrons. The molecule has 2 saturated carbocycles. The van der Waals surface area contributed by atoms with Gasteiger partial charge in [0.25, 0.3) is 0 Å². The summed E-state index contributed by atoms with van der Waals surface area (Å²) in [6.07, 6.45) is 11.1. The van der Waals surface area contributed by atoms with Gasteiger partial charge in [-0.25, -0.2) is 0 Å². The number of thioether (sulfide) groups is 1. The zero-order chi connectivity index (χ0) is 13.0. The quantitative estimate of drug-likeness (QED) is 0.827. The van der Waals surface area contributed by atoms with Crippen LogP contribution < -0.4 is 11.1 Å². The lowest BCUT2D eigenvalue weighted by Gasteiger charge is -2.31. The zero-order valence-electron chi connectivity index (χ0n) is 11.4. The van der Waals surface area contributed by atoms with Crippen molar-refractivity contribution in [1.29, 1.82) is 0 Å². The molecule has 2 fully saturated rings. The summed E-state index contributed by atoms with van der Waals surface area (Å²) < 4.78 is 0. The average Bonchev–Trinajstić information content (AvgIpc) is 2.39. The van der Waals surface area contributed by atoms with E-state index in [1.165, 1.54) is 12.8 Å². The van der Waals surface area contributed by atoms with Crippen LogP contribution in [0.5, 0.6) is 0 Å². The molecule has 2 unspecified atom stereocenters. The van der Waals surface area contributed by atoms with E-state index in [0.717, 1.165) is 43.8 Å². The van der Waals surface area contributed by atoms with Crippen molar-refractivity contribution in [1.82, 2.24) is 5.32 Å². The van der Waals surface area contributed by atoms with Crippen LogP contribution in [0.4, 0.5) is 0 Å². The molecule has 0 heterocycles. The van der Waals surface area contributed by atoms with Crippen molar-refractivity contribution in [3.05, 3.63) is 0 Å². The van der Waals surface area contributed by atoms with Gasteiger partial charge >= 0.3 is 0 Å². The van der Waals surface area contributed by atoms with Crippen LogP contribution in [0.2, 0.25) is 0 Å². The van der Waals surface area contributed by atoms with Crippen LogP contribution in [0, 0.1) is 5.92 Å². The van der Waals surface area contributed by atoms with Crippen molar-refractivity contribution in [2.24, 2.45) is 11.7 Å². The number of carbonyl (C=O) groups excluding carboxylic acids is 1. The average molecular weight is 270 g/mol. The van der Waals surface area contributed by atoms with E-state index in [9.17, 15) is 4.79 Å². The lowest BCUT2D eigenvalue weighted by Crippen LogP contribution is -2.43. The molecule has 2 aliphatic carbocycles. The number of carbonyl (C=O) groups is 1. The molecular formula is C14H26N2OS. The van der Waals surface area contributed by atoms with Gasteiger partial charge in [-0.3, -0.25) is 4.79 Å². The normalized spacial score (nSPS) is 37.2.